The van der Waals surface area contributed by atoms with Crippen LogP contribution in [0.25, 0.3) is 11.3 Å². The van der Waals surface area contributed by atoms with E-state index in [2.05, 4.69) is 16.0 Å². The zero-order valence-corrected chi connectivity index (χ0v) is 15.1. The van der Waals surface area contributed by atoms with E-state index in [0.717, 1.165) is 17.0 Å². The Bertz CT molecular complexity index is 768. The number of amides is 1. The molecule has 2 rings (SSSR count). The van der Waals surface area contributed by atoms with E-state index in [-0.39, 0.29) is 11.7 Å². The molecular weight excluding hydrogens is 320 g/mol. The summed E-state index contributed by atoms with van der Waals surface area (Å²) in [5.74, 6) is 0.0668. The van der Waals surface area contributed by atoms with E-state index >= 15 is 0 Å². The number of carbonyl (C=O) groups excluding carboxylic acids is 1. The Balaban J connectivity index is 2.13. The number of benzene rings is 1. The Labute approximate surface area is 146 Å². The van der Waals surface area contributed by atoms with Crippen LogP contribution in [0.4, 0.5) is 0 Å². The van der Waals surface area contributed by atoms with Crippen molar-refractivity contribution in [2.24, 2.45) is 0 Å². The highest BCUT2D eigenvalue weighted by atomic mass is 32.2. The minimum atomic E-state index is -0.833. The van der Waals surface area contributed by atoms with Crippen molar-refractivity contribution < 1.29 is 4.79 Å². The number of nitrogens with zero attached hydrogens (tertiary/aromatic N) is 4. The molecule has 1 heterocycles. The predicted molar refractivity (Wildman–Crippen MR) is 95.4 cm³/mol. The lowest BCUT2D eigenvalue weighted by molar-refractivity contribution is -0.130. The molecule has 1 aromatic heterocycles. The minimum Gasteiger partial charge on any atom is -0.327 e. The van der Waals surface area contributed by atoms with E-state index in [1.165, 1.54) is 16.7 Å². The average molecular weight is 340 g/mol. The lowest BCUT2D eigenvalue weighted by atomic mass is 10.1. The number of carbonyl (C=O) groups is 1. The average Bonchev–Trinajstić information content (AvgIpc) is 2.59. The third-order valence-electron chi connectivity index (χ3n) is 3.71. The fraction of sp³-hybridized carbons (Fsp3) is 0.333. The summed E-state index contributed by atoms with van der Waals surface area (Å²) in [5, 5.41) is 9.68. The van der Waals surface area contributed by atoms with Crippen molar-refractivity contribution in [3.8, 4) is 17.3 Å². The van der Waals surface area contributed by atoms with Gasteiger partial charge < -0.3 is 4.90 Å². The first-order valence-corrected chi connectivity index (χ1v) is 8.54. The maximum atomic E-state index is 12.3. The van der Waals surface area contributed by atoms with Crippen LogP contribution in [0.3, 0.4) is 0 Å². The van der Waals surface area contributed by atoms with E-state index < -0.39 is 5.54 Å². The van der Waals surface area contributed by atoms with Crippen molar-refractivity contribution in [3.05, 3.63) is 42.1 Å². The molecule has 0 N–H and O–H groups in total. The number of thioether (sulfide) groups is 1. The monoisotopic (exact) mass is 340 g/mol. The number of nitriles is 1. The second kappa shape index (κ2) is 7.45. The fourth-order valence-electron chi connectivity index (χ4n) is 1.97. The first-order chi connectivity index (χ1) is 11.3. The maximum absolute atomic E-state index is 12.3. The van der Waals surface area contributed by atoms with Crippen molar-refractivity contribution in [2.45, 2.75) is 31.5 Å². The molecule has 0 aliphatic carbocycles. The highest BCUT2D eigenvalue weighted by Crippen LogP contribution is 2.22. The molecule has 0 saturated carbocycles. The van der Waals surface area contributed by atoms with E-state index in [0.29, 0.717) is 5.16 Å². The second-order valence-electron chi connectivity index (χ2n) is 5.96. The quantitative estimate of drug-likeness (QED) is 0.617. The standard InChI is InChI=1S/C18H20N4OS/c1-13-10-15(14-8-6-5-7-9-14)21-17(20-13)24-11-16(23)22(4)18(2,3)12-19/h5-10H,11H2,1-4H3. The van der Waals surface area contributed by atoms with Crippen LogP contribution in [0, 0.1) is 18.3 Å². The van der Waals surface area contributed by atoms with Gasteiger partial charge in [-0.15, -0.1) is 0 Å². The van der Waals surface area contributed by atoms with Gasteiger partial charge in [-0.1, -0.05) is 42.1 Å². The third-order valence-corrected chi connectivity index (χ3v) is 4.55. The minimum absolute atomic E-state index is 0.127. The molecule has 0 fully saturated rings. The highest BCUT2D eigenvalue weighted by Gasteiger charge is 2.27. The van der Waals surface area contributed by atoms with Gasteiger partial charge in [0.15, 0.2) is 5.16 Å². The summed E-state index contributed by atoms with van der Waals surface area (Å²) < 4.78 is 0. The summed E-state index contributed by atoms with van der Waals surface area (Å²) in [6.07, 6.45) is 0. The Kier molecular flexibility index (Phi) is 5.58. The summed E-state index contributed by atoms with van der Waals surface area (Å²) in [7, 11) is 1.64. The van der Waals surface area contributed by atoms with Crippen LogP contribution >= 0.6 is 11.8 Å². The molecule has 6 heteroatoms. The molecule has 0 aliphatic rings. The highest BCUT2D eigenvalue weighted by molar-refractivity contribution is 7.99. The molecular formula is C18H20N4OS. The van der Waals surface area contributed by atoms with Gasteiger partial charge in [0.05, 0.1) is 17.5 Å². The molecule has 1 amide bonds. The van der Waals surface area contributed by atoms with Crippen LogP contribution in [0.5, 0.6) is 0 Å². The van der Waals surface area contributed by atoms with Crippen LogP contribution in [-0.4, -0.2) is 39.1 Å². The van der Waals surface area contributed by atoms with Gasteiger partial charge in [0.1, 0.15) is 5.54 Å². The molecule has 0 saturated heterocycles. The molecule has 0 spiro atoms. The van der Waals surface area contributed by atoms with Crippen LogP contribution in [0.15, 0.2) is 41.6 Å². The lowest BCUT2D eigenvalue weighted by Gasteiger charge is -2.28. The van der Waals surface area contributed by atoms with Gasteiger partial charge in [0.2, 0.25) is 5.91 Å². The molecule has 0 atom stereocenters. The zero-order valence-electron chi connectivity index (χ0n) is 14.3. The number of aromatic nitrogens is 2. The van der Waals surface area contributed by atoms with E-state index in [9.17, 15) is 4.79 Å². The number of aryl methyl sites for hydroxylation is 1. The molecule has 1 aromatic carbocycles. The van der Waals surface area contributed by atoms with Crippen LogP contribution in [0.1, 0.15) is 19.5 Å². The molecule has 0 radical (unpaired) electrons. The summed E-state index contributed by atoms with van der Waals surface area (Å²) in [6.45, 7) is 5.34. The largest absolute Gasteiger partial charge is 0.327 e. The summed E-state index contributed by atoms with van der Waals surface area (Å²) >= 11 is 1.28. The van der Waals surface area contributed by atoms with E-state index in [1.54, 1.807) is 20.9 Å². The zero-order chi connectivity index (χ0) is 17.7. The number of rotatable bonds is 5. The van der Waals surface area contributed by atoms with Crippen molar-refractivity contribution >= 4 is 17.7 Å². The van der Waals surface area contributed by atoms with Gasteiger partial charge in [-0.2, -0.15) is 5.26 Å². The molecule has 24 heavy (non-hydrogen) atoms. The van der Waals surface area contributed by atoms with E-state index in [1.807, 2.05) is 43.3 Å². The first kappa shape index (κ1) is 18.0. The van der Waals surface area contributed by atoms with Gasteiger partial charge in [-0.25, -0.2) is 9.97 Å². The Morgan fingerprint density at radius 1 is 1.29 bits per heavy atom. The van der Waals surface area contributed by atoms with E-state index in [4.69, 9.17) is 5.26 Å². The smallest absolute Gasteiger partial charge is 0.234 e. The molecule has 5 nitrogen and oxygen atoms in total. The summed E-state index contributed by atoms with van der Waals surface area (Å²) in [6, 6.07) is 13.9. The fourth-order valence-corrected chi connectivity index (χ4v) is 2.79. The lowest BCUT2D eigenvalue weighted by Crippen LogP contribution is -2.44. The Morgan fingerprint density at radius 2 is 1.96 bits per heavy atom. The predicted octanol–water partition coefficient (Wildman–Crippen LogP) is 3.30. The van der Waals surface area contributed by atoms with Crippen molar-refractivity contribution in [1.29, 1.82) is 5.26 Å². The molecule has 0 bridgehead atoms. The topological polar surface area (TPSA) is 69.9 Å². The normalized spacial score (nSPS) is 11.0. The molecule has 124 valence electrons. The Morgan fingerprint density at radius 3 is 2.58 bits per heavy atom. The number of hydrogen-bond acceptors (Lipinski definition) is 5. The first-order valence-electron chi connectivity index (χ1n) is 7.55. The number of hydrogen-bond donors (Lipinski definition) is 0. The van der Waals surface area contributed by atoms with Crippen LogP contribution in [0.2, 0.25) is 0 Å². The Hall–Kier alpha value is -2.39. The molecule has 2 aromatic rings. The summed E-state index contributed by atoms with van der Waals surface area (Å²) in [4.78, 5) is 22.6. The third kappa shape index (κ3) is 4.33. The van der Waals surface area contributed by atoms with Crippen LogP contribution in [-0.2, 0) is 4.79 Å². The van der Waals surface area contributed by atoms with Gasteiger partial charge in [0.25, 0.3) is 0 Å². The molecule has 0 aliphatic heterocycles. The van der Waals surface area contributed by atoms with Gasteiger partial charge in [0, 0.05) is 18.3 Å². The van der Waals surface area contributed by atoms with Crippen molar-refractivity contribution in [2.75, 3.05) is 12.8 Å². The van der Waals surface area contributed by atoms with Gasteiger partial charge in [-0.3, -0.25) is 4.79 Å². The molecule has 0 unspecified atom stereocenters. The van der Waals surface area contributed by atoms with Crippen LogP contribution < -0.4 is 0 Å². The van der Waals surface area contributed by atoms with Crippen molar-refractivity contribution in [1.82, 2.24) is 14.9 Å². The van der Waals surface area contributed by atoms with Gasteiger partial charge in [-0.05, 0) is 26.8 Å². The summed E-state index contributed by atoms with van der Waals surface area (Å²) in [5.41, 5.74) is 1.87. The maximum Gasteiger partial charge on any atom is 0.234 e. The second-order valence-corrected chi connectivity index (χ2v) is 6.90. The van der Waals surface area contributed by atoms with Crippen molar-refractivity contribution in [3.63, 3.8) is 0 Å². The SMILES string of the molecule is Cc1cc(-c2ccccc2)nc(SCC(=O)N(C)C(C)(C)C#N)n1. The van der Waals surface area contributed by atoms with Gasteiger partial charge >= 0.3 is 0 Å².